The first kappa shape index (κ1) is 26.8. The smallest absolute Gasteiger partial charge is 0.305 e. The van der Waals surface area contributed by atoms with Gasteiger partial charge in [0.15, 0.2) is 12.4 Å². The molecule has 0 spiro atoms. The fourth-order valence-corrected chi connectivity index (χ4v) is 2.72. The zero-order valence-electron chi connectivity index (χ0n) is 17.9. The van der Waals surface area contributed by atoms with Crippen LogP contribution in [-0.2, 0) is 52.3 Å². The fraction of sp³-hybridized carbons (Fsp3) is 0.789. The van der Waals surface area contributed by atoms with Crippen molar-refractivity contribution in [2.24, 2.45) is 0 Å². The molecule has 1 aliphatic heterocycles. The van der Waals surface area contributed by atoms with Gasteiger partial charge in [-0.15, -0.1) is 0 Å². The van der Waals surface area contributed by atoms with Crippen molar-refractivity contribution in [1.29, 1.82) is 0 Å². The third-order valence-electron chi connectivity index (χ3n) is 3.92. The summed E-state index contributed by atoms with van der Waals surface area (Å²) in [6, 6.07) is 0. The number of hydrogen-bond acceptors (Lipinski definition) is 11. The number of rotatable bonds is 14. The number of carbonyl (C=O) groups is 4. The summed E-state index contributed by atoms with van der Waals surface area (Å²) in [7, 11) is 0. The van der Waals surface area contributed by atoms with Crippen molar-refractivity contribution in [2.45, 2.75) is 58.2 Å². The van der Waals surface area contributed by atoms with Crippen LogP contribution in [0.2, 0.25) is 0 Å². The van der Waals surface area contributed by atoms with Gasteiger partial charge >= 0.3 is 23.9 Å². The van der Waals surface area contributed by atoms with E-state index >= 15 is 0 Å². The van der Waals surface area contributed by atoms with Crippen LogP contribution in [0.4, 0.5) is 0 Å². The Balaban J connectivity index is 2.50. The van der Waals surface area contributed by atoms with E-state index in [4.69, 9.17) is 38.3 Å². The summed E-state index contributed by atoms with van der Waals surface area (Å²) in [5.74, 6) is -2.65. The monoisotopic (exact) mass is 450 g/mol. The highest BCUT2D eigenvalue weighted by atomic mass is 16.7. The van der Waals surface area contributed by atoms with Crippen molar-refractivity contribution in [2.75, 3.05) is 39.6 Å². The predicted octanol–water partition coefficient (Wildman–Crippen LogP) is 0.0524. The van der Waals surface area contributed by atoms with E-state index in [1.165, 1.54) is 20.8 Å². The lowest BCUT2D eigenvalue weighted by molar-refractivity contribution is -0.267. The second kappa shape index (κ2) is 14.7. The van der Waals surface area contributed by atoms with Gasteiger partial charge in [0.05, 0.1) is 39.5 Å². The molecule has 0 bridgehead atoms. The minimum absolute atomic E-state index is 0.0749. The highest BCUT2D eigenvalue weighted by Crippen LogP contribution is 2.27. The van der Waals surface area contributed by atoms with Crippen LogP contribution in [0.5, 0.6) is 0 Å². The van der Waals surface area contributed by atoms with Gasteiger partial charge in [-0.2, -0.15) is 0 Å². The van der Waals surface area contributed by atoms with Crippen LogP contribution in [0.3, 0.4) is 0 Å². The Bertz CT molecular complexity index is 592. The van der Waals surface area contributed by atoms with Crippen molar-refractivity contribution in [3.8, 4) is 0 Å². The molecule has 1 rings (SSSR count). The Morgan fingerprint density at radius 1 is 0.871 bits per heavy atom. The third-order valence-corrected chi connectivity index (χ3v) is 3.92. The van der Waals surface area contributed by atoms with E-state index in [2.05, 4.69) is 0 Å². The number of esters is 3. The van der Waals surface area contributed by atoms with Crippen molar-refractivity contribution in [3.05, 3.63) is 0 Å². The third kappa shape index (κ3) is 12.2. The minimum Gasteiger partial charge on any atom is -0.481 e. The lowest BCUT2D eigenvalue weighted by atomic mass is 10.0. The molecule has 31 heavy (non-hydrogen) atoms. The van der Waals surface area contributed by atoms with Gasteiger partial charge in [-0.3, -0.25) is 19.2 Å². The van der Waals surface area contributed by atoms with Crippen LogP contribution in [0.15, 0.2) is 0 Å². The van der Waals surface area contributed by atoms with Gasteiger partial charge in [0.1, 0.15) is 18.8 Å². The molecule has 1 saturated heterocycles. The SMILES string of the molecule is CC(=O)OC[C@H]1O[C@@H](OCCOCCOCCC(=O)O)C[C@@H](OC(C)=O)[C@H]1OC(C)=O. The van der Waals surface area contributed by atoms with E-state index in [-0.39, 0.29) is 52.5 Å². The molecule has 1 heterocycles. The topological polar surface area (TPSA) is 153 Å². The highest BCUT2D eigenvalue weighted by Gasteiger charge is 2.44. The van der Waals surface area contributed by atoms with Gasteiger partial charge in [-0.25, -0.2) is 0 Å². The largest absolute Gasteiger partial charge is 0.481 e. The summed E-state index contributed by atoms with van der Waals surface area (Å²) >= 11 is 0. The Morgan fingerprint density at radius 2 is 1.48 bits per heavy atom. The van der Waals surface area contributed by atoms with E-state index < -0.39 is 48.5 Å². The van der Waals surface area contributed by atoms with Gasteiger partial charge in [0, 0.05) is 27.2 Å². The van der Waals surface area contributed by atoms with E-state index in [9.17, 15) is 19.2 Å². The lowest BCUT2D eigenvalue weighted by Gasteiger charge is -2.39. The average molecular weight is 450 g/mol. The molecule has 12 nitrogen and oxygen atoms in total. The molecule has 1 aliphatic rings. The molecule has 0 aliphatic carbocycles. The average Bonchev–Trinajstić information content (AvgIpc) is 2.66. The number of carboxylic acid groups (broad SMARTS) is 1. The second-order valence-electron chi connectivity index (χ2n) is 6.60. The lowest BCUT2D eigenvalue weighted by Crippen LogP contribution is -2.54. The molecular weight excluding hydrogens is 420 g/mol. The zero-order chi connectivity index (χ0) is 23.2. The van der Waals surface area contributed by atoms with Crippen LogP contribution >= 0.6 is 0 Å². The van der Waals surface area contributed by atoms with E-state index in [1.807, 2.05) is 0 Å². The fourth-order valence-electron chi connectivity index (χ4n) is 2.72. The van der Waals surface area contributed by atoms with Crippen LogP contribution in [0.25, 0.3) is 0 Å². The first-order valence-corrected chi connectivity index (χ1v) is 9.81. The Labute approximate surface area is 180 Å². The molecule has 1 fully saturated rings. The molecule has 0 aromatic rings. The molecule has 1 N–H and O–H groups in total. The summed E-state index contributed by atoms with van der Waals surface area (Å²) < 4.78 is 37.2. The van der Waals surface area contributed by atoms with Gasteiger partial charge in [0.2, 0.25) is 0 Å². The van der Waals surface area contributed by atoms with Crippen molar-refractivity contribution < 1.29 is 57.4 Å². The maximum Gasteiger partial charge on any atom is 0.305 e. The van der Waals surface area contributed by atoms with Crippen LogP contribution < -0.4 is 0 Å². The quantitative estimate of drug-likeness (QED) is 0.216. The molecule has 0 aromatic heterocycles. The number of aliphatic carboxylic acids is 1. The first-order valence-electron chi connectivity index (χ1n) is 9.81. The van der Waals surface area contributed by atoms with Crippen molar-refractivity contribution in [1.82, 2.24) is 0 Å². The molecule has 0 saturated carbocycles. The summed E-state index contributed by atoms with van der Waals surface area (Å²) in [6.07, 6.45) is -3.48. The maximum absolute atomic E-state index is 11.5. The van der Waals surface area contributed by atoms with Crippen molar-refractivity contribution >= 4 is 23.9 Å². The number of carboxylic acids is 1. The molecule has 12 heteroatoms. The Hall–Kier alpha value is -2.28. The van der Waals surface area contributed by atoms with E-state index in [1.54, 1.807) is 0 Å². The summed E-state index contributed by atoms with van der Waals surface area (Å²) in [5.41, 5.74) is 0. The predicted molar refractivity (Wildman–Crippen MR) is 101 cm³/mol. The van der Waals surface area contributed by atoms with E-state index in [0.29, 0.717) is 0 Å². The molecule has 0 amide bonds. The molecular formula is C19H30O12. The van der Waals surface area contributed by atoms with Gasteiger partial charge in [-0.05, 0) is 0 Å². The summed E-state index contributed by atoms with van der Waals surface area (Å²) in [5, 5.41) is 8.50. The minimum atomic E-state index is -0.959. The number of ether oxygens (including phenoxy) is 7. The Kier molecular flexibility index (Phi) is 12.7. The first-order chi connectivity index (χ1) is 14.7. The van der Waals surface area contributed by atoms with E-state index in [0.717, 1.165) is 0 Å². The molecule has 0 aromatic carbocycles. The van der Waals surface area contributed by atoms with Crippen LogP contribution in [0, 0.1) is 0 Å². The summed E-state index contributed by atoms with van der Waals surface area (Å²) in [4.78, 5) is 44.5. The van der Waals surface area contributed by atoms with Crippen LogP contribution in [0.1, 0.15) is 33.6 Å². The van der Waals surface area contributed by atoms with Gasteiger partial charge in [0.25, 0.3) is 0 Å². The number of hydrogen-bond donors (Lipinski definition) is 1. The Morgan fingerprint density at radius 3 is 2.06 bits per heavy atom. The van der Waals surface area contributed by atoms with Crippen molar-refractivity contribution in [3.63, 3.8) is 0 Å². The maximum atomic E-state index is 11.5. The highest BCUT2D eigenvalue weighted by molar-refractivity contribution is 5.68. The zero-order valence-corrected chi connectivity index (χ0v) is 17.9. The molecule has 178 valence electrons. The molecule has 0 unspecified atom stereocenters. The standard InChI is InChI=1S/C19H30O12/c1-12(20)28-11-16-19(30-14(3)22)15(29-13(2)21)10-18(31-16)27-9-8-26-7-6-25-5-4-17(23)24/h15-16,18-19H,4-11H2,1-3H3,(H,23,24)/t15-,16-,18-,19-/m1/s1. The number of carbonyl (C=O) groups excluding carboxylic acids is 3. The normalized spacial score (nSPS) is 23.1. The van der Waals surface area contributed by atoms with Gasteiger partial charge in [-0.1, -0.05) is 0 Å². The van der Waals surface area contributed by atoms with Gasteiger partial charge < -0.3 is 38.3 Å². The molecule has 4 atom stereocenters. The molecule has 0 radical (unpaired) electrons. The summed E-state index contributed by atoms with van der Waals surface area (Å²) in [6.45, 7) is 4.41. The second-order valence-corrected chi connectivity index (χ2v) is 6.60. The van der Waals surface area contributed by atoms with Crippen LogP contribution in [-0.4, -0.2) is 93.2 Å².